The van der Waals surface area contributed by atoms with Gasteiger partial charge in [-0.1, -0.05) is 0 Å². The van der Waals surface area contributed by atoms with Gasteiger partial charge in [0.2, 0.25) is 5.91 Å². The maximum Gasteiger partial charge on any atom is 0.217 e. The molecule has 226 valence electrons. The van der Waals surface area contributed by atoms with Crippen molar-refractivity contribution in [2.45, 2.75) is 50.4 Å². The third-order valence-corrected chi connectivity index (χ3v) is 5.63. The minimum atomic E-state index is -1.35. The van der Waals surface area contributed by atoms with Crippen LogP contribution in [0.2, 0.25) is 0 Å². The Labute approximate surface area is 230 Å². The van der Waals surface area contributed by atoms with E-state index in [0.29, 0.717) is 66.1 Å². The molecule has 0 radical (unpaired) electrons. The van der Waals surface area contributed by atoms with E-state index in [2.05, 4.69) is 17.9 Å². The fourth-order valence-corrected chi connectivity index (χ4v) is 3.58. The molecule has 5 unspecified atom stereocenters. The Morgan fingerprint density at radius 3 is 1.61 bits per heavy atom. The van der Waals surface area contributed by atoms with Crippen LogP contribution in [0.3, 0.4) is 0 Å². The molecule has 14 heteroatoms. The third kappa shape index (κ3) is 17.2. The minimum Gasteiger partial charge on any atom is -0.394 e. The maximum absolute atomic E-state index is 11.4. The van der Waals surface area contributed by atoms with Crippen molar-refractivity contribution in [1.82, 2.24) is 5.32 Å². The van der Waals surface area contributed by atoms with Crippen LogP contribution < -0.4 is 5.32 Å². The van der Waals surface area contributed by atoms with Crippen molar-refractivity contribution < 1.29 is 58.0 Å². The van der Waals surface area contributed by atoms with Gasteiger partial charge < -0.3 is 58.5 Å². The van der Waals surface area contributed by atoms with Crippen molar-refractivity contribution >= 4 is 18.5 Å². The summed E-state index contributed by atoms with van der Waals surface area (Å²) >= 11 is 4.15. The van der Waals surface area contributed by atoms with Crippen LogP contribution in [0.1, 0.15) is 19.8 Å². The van der Waals surface area contributed by atoms with Gasteiger partial charge in [0.05, 0.1) is 85.9 Å². The van der Waals surface area contributed by atoms with Crippen LogP contribution >= 0.6 is 12.6 Å². The van der Waals surface area contributed by atoms with Gasteiger partial charge in [-0.2, -0.15) is 12.6 Å². The zero-order chi connectivity index (χ0) is 27.8. The van der Waals surface area contributed by atoms with Gasteiger partial charge in [-0.05, 0) is 18.6 Å². The summed E-state index contributed by atoms with van der Waals surface area (Å²) in [6.45, 7) is 6.56. The van der Waals surface area contributed by atoms with E-state index in [4.69, 9.17) is 37.9 Å². The first-order valence-corrected chi connectivity index (χ1v) is 13.7. The van der Waals surface area contributed by atoms with E-state index in [1.54, 1.807) is 0 Å². The van der Waals surface area contributed by atoms with Gasteiger partial charge in [-0.15, -0.1) is 0 Å². The molecule has 0 saturated carbocycles. The Morgan fingerprint density at radius 2 is 1.18 bits per heavy atom. The van der Waals surface area contributed by atoms with E-state index in [-0.39, 0.29) is 13.2 Å². The quantitative estimate of drug-likeness (QED) is 0.0653. The summed E-state index contributed by atoms with van der Waals surface area (Å²) < 4.78 is 43.6. The fourth-order valence-electron chi connectivity index (χ4n) is 3.35. The lowest BCUT2D eigenvalue weighted by atomic mass is 9.97. The number of unbranched alkanes of at least 4 members (excludes halogenated alkanes) is 1. The summed E-state index contributed by atoms with van der Waals surface area (Å²) in [4.78, 5) is 11.4. The number of rotatable bonds is 25. The van der Waals surface area contributed by atoms with Crippen molar-refractivity contribution in [3.63, 3.8) is 0 Å². The second-order valence-corrected chi connectivity index (χ2v) is 8.86. The highest BCUT2D eigenvalue weighted by Gasteiger charge is 2.45. The smallest absolute Gasteiger partial charge is 0.217 e. The van der Waals surface area contributed by atoms with Gasteiger partial charge in [0.25, 0.3) is 0 Å². The normalized spacial score (nSPS) is 23.6. The molecule has 1 aliphatic heterocycles. The fraction of sp³-hybridized carbons (Fsp3) is 0.958. The number of thiol groups is 1. The standard InChI is InChI=1S/C24H47NO12S/c1-19(27)25-21-23(29)22(28)20(18-26)37-24(21)36-16-15-35-14-13-34-12-11-33-10-9-32-8-7-31-6-5-30-4-2-3-17-38/h20-24,26,28-29,38H,2-18H2,1H3,(H,25,27). The van der Waals surface area contributed by atoms with Gasteiger partial charge in [0.1, 0.15) is 24.4 Å². The Bertz CT molecular complexity index is 564. The number of nitrogens with one attached hydrogen (secondary N) is 1. The molecular formula is C24H47NO12S. The lowest BCUT2D eigenvalue weighted by Crippen LogP contribution is -2.64. The van der Waals surface area contributed by atoms with Crippen LogP contribution in [0.4, 0.5) is 0 Å². The van der Waals surface area contributed by atoms with E-state index in [1.807, 2.05) is 0 Å². The molecular weight excluding hydrogens is 526 g/mol. The first-order chi connectivity index (χ1) is 18.5. The summed E-state index contributed by atoms with van der Waals surface area (Å²) in [5.74, 6) is 0.474. The molecule has 0 aliphatic carbocycles. The average molecular weight is 574 g/mol. The number of carbonyl (C=O) groups is 1. The van der Waals surface area contributed by atoms with Crippen LogP contribution in [0.15, 0.2) is 0 Å². The average Bonchev–Trinajstić information content (AvgIpc) is 2.90. The summed E-state index contributed by atoms with van der Waals surface area (Å²) in [7, 11) is 0. The Kier molecular flexibility index (Phi) is 22.5. The molecule has 1 fully saturated rings. The predicted molar refractivity (Wildman–Crippen MR) is 139 cm³/mol. The van der Waals surface area contributed by atoms with Crippen molar-refractivity contribution in [2.24, 2.45) is 0 Å². The number of ether oxygens (including phenoxy) is 8. The van der Waals surface area contributed by atoms with E-state index < -0.39 is 43.2 Å². The second kappa shape index (κ2) is 24.2. The summed E-state index contributed by atoms with van der Waals surface area (Å²) in [6.07, 6.45) is -2.68. The molecule has 1 aliphatic rings. The third-order valence-electron chi connectivity index (χ3n) is 5.32. The highest BCUT2D eigenvalue weighted by Crippen LogP contribution is 2.22. The summed E-state index contributed by atoms with van der Waals surface area (Å²) in [6, 6.07) is -0.976. The Balaban J connectivity index is 1.90. The van der Waals surface area contributed by atoms with Gasteiger partial charge in [0, 0.05) is 13.5 Å². The van der Waals surface area contributed by atoms with Gasteiger partial charge >= 0.3 is 0 Å². The lowest BCUT2D eigenvalue weighted by molar-refractivity contribution is -0.272. The predicted octanol–water partition coefficient (Wildman–Crippen LogP) is -1.24. The molecule has 0 aromatic heterocycles. The number of amides is 1. The maximum atomic E-state index is 11.4. The molecule has 0 aromatic carbocycles. The molecule has 1 rings (SSSR count). The molecule has 5 atom stereocenters. The van der Waals surface area contributed by atoms with Crippen molar-refractivity contribution in [3.05, 3.63) is 0 Å². The highest BCUT2D eigenvalue weighted by molar-refractivity contribution is 7.80. The summed E-state index contributed by atoms with van der Waals surface area (Å²) in [5, 5.41) is 32.0. The van der Waals surface area contributed by atoms with Gasteiger partial charge in [-0.3, -0.25) is 4.79 Å². The van der Waals surface area contributed by atoms with Crippen LogP contribution in [0, 0.1) is 0 Å². The van der Waals surface area contributed by atoms with E-state index >= 15 is 0 Å². The van der Waals surface area contributed by atoms with Gasteiger partial charge in [0.15, 0.2) is 6.29 Å². The number of carbonyl (C=O) groups excluding carboxylic acids is 1. The Hall–Kier alpha value is -0.620. The van der Waals surface area contributed by atoms with Crippen molar-refractivity contribution in [1.29, 1.82) is 0 Å². The lowest BCUT2D eigenvalue weighted by Gasteiger charge is -2.42. The summed E-state index contributed by atoms with van der Waals surface area (Å²) in [5.41, 5.74) is 0. The molecule has 4 N–H and O–H groups in total. The largest absolute Gasteiger partial charge is 0.394 e. The molecule has 0 spiro atoms. The molecule has 1 saturated heterocycles. The number of aliphatic hydroxyl groups excluding tert-OH is 3. The van der Waals surface area contributed by atoms with E-state index in [0.717, 1.165) is 25.2 Å². The highest BCUT2D eigenvalue weighted by atomic mass is 32.1. The molecule has 1 heterocycles. The van der Waals surface area contributed by atoms with Crippen LogP contribution in [-0.2, 0) is 42.7 Å². The molecule has 1 amide bonds. The number of aliphatic hydroxyl groups is 3. The zero-order valence-electron chi connectivity index (χ0n) is 22.4. The van der Waals surface area contributed by atoms with Crippen molar-refractivity contribution in [3.8, 4) is 0 Å². The minimum absolute atomic E-state index is 0.111. The van der Waals surface area contributed by atoms with Crippen LogP contribution in [0.5, 0.6) is 0 Å². The number of hydrogen-bond acceptors (Lipinski definition) is 13. The molecule has 0 bridgehead atoms. The monoisotopic (exact) mass is 573 g/mol. The van der Waals surface area contributed by atoms with Crippen LogP contribution in [-0.4, -0.2) is 150 Å². The first kappa shape index (κ1) is 35.4. The second-order valence-electron chi connectivity index (χ2n) is 8.41. The van der Waals surface area contributed by atoms with Gasteiger partial charge in [-0.25, -0.2) is 0 Å². The first-order valence-electron chi connectivity index (χ1n) is 13.1. The van der Waals surface area contributed by atoms with E-state index in [1.165, 1.54) is 6.92 Å². The van der Waals surface area contributed by atoms with Crippen LogP contribution in [0.25, 0.3) is 0 Å². The Morgan fingerprint density at radius 1 is 0.737 bits per heavy atom. The zero-order valence-corrected chi connectivity index (χ0v) is 23.3. The molecule has 13 nitrogen and oxygen atoms in total. The van der Waals surface area contributed by atoms with Crippen molar-refractivity contribution in [2.75, 3.05) is 98.2 Å². The SMILES string of the molecule is CC(=O)NC1C(OCCOCCOCCOCCOCCOCCOCCCCS)OC(CO)C(O)C1O. The topological polar surface area (TPSA) is 164 Å². The van der Waals surface area contributed by atoms with E-state index in [9.17, 15) is 20.1 Å². The number of hydrogen-bond donors (Lipinski definition) is 5. The molecule has 38 heavy (non-hydrogen) atoms. The molecule has 0 aromatic rings.